The van der Waals surface area contributed by atoms with Crippen molar-refractivity contribution >= 4 is 28.4 Å². The molecule has 0 aromatic heterocycles. The van der Waals surface area contributed by atoms with Crippen LogP contribution in [0.25, 0.3) is 5.57 Å². The average molecular weight is 358 g/mol. The quantitative estimate of drug-likeness (QED) is 0.359. The van der Waals surface area contributed by atoms with Crippen molar-refractivity contribution in [2.45, 2.75) is 0 Å². The van der Waals surface area contributed by atoms with Crippen molar-refractivity contribution < 1.29 is 15.0 Å². The second-order valence-electron chi connectivity index (χ2n) is 6.13. The Kier molecular flexibility index (Phi) is 3.74. The van der Waals surface area contributed by atoms with Gasteiger partial charge in [0.05, 0.1) is 16.8 Å². The zero-order valence-electron chi connectivity index (χ0n) is 14.1. The minimum absolute atomic E-state index is 0.0239. The lowest BCUT2D eigenvalue weighted by molar-refractivity contribution is 0.103. The third-order valence-electron chi connectivity index (χ3n) is 4.55. The summed E-state index contributed by atoms with van der Waals surface area (Å²) in [6, 6.07) is 14.8. The van der Waals surface area contributed by atoms with Crippen molar-refractivity contribution in [2.24, 2.45) is 5.18 Å². The Balaban J connectivity index is 1.98. The molecule has 0 fully saturated rings. The van der Waals surface area contributed by atoms with E-state index in [9.17, 15) is 19.9 Å². The molecule has 3 aromatic rings. The van der Waals surface area contributed by atoms with Crippen LogP contribution in [-0.4, -0.2) is 16.0 Å². The number of hydrogen-bond acceptors (Lipinski definition) is 6. The largest absolute Gasteiger partial charge is 0.507 e. The van der Waals surface area contributed by atoms with Crippen molar-refractivity contribution in [1.82, 2.24) is 0 Å². The second kappa shape index (κ2) is 6.10. The average Bonchev–Trinajstić information content (AvgIpc) is 2.68. The van der Waals surface area contributed by atoms with Crippen LogP contribution in [0.4, 0.5) is 17.1 Å². The van der Waals surface area contributed by atoms with Crippen molar-refractivity contribution in [3.8, 4) is 11.5 Å². The molecule has 0 bridgehead atoms. The SMILES string of the molecule is C=C1c2c(O)ccc(N=O)c2C(=O)c2c(Nc3ccccc3)ccc(O)c21. The molecule has 27 heavy (non-hydrogen) atoms. The molecule has 3 aromatic carbocycles. The molecule has 6 heteroatoms. The molecule has 0 saturated carbocycles. The standard InChI is InChI=1S/C21H14N2O4/c1-11-17-15(24)9-7-13(22-12-5-3-2-4-6-12)19(17)21(26)20-14(23-27)8-10-16(25)18(11)20/h2-10,22,24-25H,1H2. The van der Waals surface area contributed by atoms with E-state index in [4.69, 9.17) is 0 Å². The highest BCUT2D eigenvalue weighted by Crippen LogP contribution is 2.48. The molecule has 132 valence electrons. The van der Waals surface area contributed by atoms with E-state index < -0.39 is 5.78 Å². The van der Waals surface area contributed by atoms with Crippen LogP contribution in [-0.2, 0) is 0 Å². The van der Waals surface area contributed by atoms with Crippen molar-refractivity contribution in [2.75, 3.05) is 5.32 Å². The van der Waals surface area contributed by atoms with Gasteiger partial charge in [-0.3, -0.25) is 4.79 Å². The fraction of sp³-hybridized carbons (Fsp3) is 0. The number of ketones is 1. The zero-order valence-corrected chi connectivity index (χ0v) is 14.1. The number of hydrogen-bond donors (Lipinski definition) is 3. The number of nitrogens with zero attached hydrogens (tertiary/aromatic N) is 1. The van der Waals surface area contributed by atoms with Gasteiger partial charge in [-0.15, -0.1) is 4.91 Å². The van der Waals surface area contributed by atoms with E-state index >= 15 is 0 Å². The van der Waals surface area contributed by atoms with E-state index in [2.05, 4.69) is 17.1 Å². The number of phenols is 2. The summed E-state index contributed by atoms with van der Waals surface area (Å²) in [5, 5.41) is 26.7. The maximum Gasteiger partial charge on any atom is 0.198 e. The van der Waals surface area contributed by atoms with Gasteiger partial charge in [0.2, 0.25) is 0 Å². The summed E-state index contributed by atoms with van der Waals surface area (Å²) in [4.78, 5) is 24.5. The van der Waals surface area contributed by atoms with Crippen LogP contribution in [0.3, 0.4) is 0 Å². The summed E-state index contributed by atoms with van der Waals surface area (Å²) in [6.45, 7) is 3.93. The summed E-state index contributed by atoms with van der Waals surface area (Å²) >= 11 is 0. The van der Waals surface area contributed by atoms with E-state index in [1.807, 2.05) is 30.3 Å². The molecule has 0 saturated heterocycles. The molecular formula is C21H14N2O4. The Bertz CT molecular complexity index is 1120. The van der Waals surface area contributed by atoms with Gasteiger partial charge in [-0.05, 0) is 47.1 Å². The first kappa shape index (κ1) is 16.5. The molecule has 1 aliphatic rings. The number of nitroso groups, excluding NO2 is 1. The van der Waals surface area contributed by atoms with Gasteiger partial charge in [0.1, 0.15) is 17.2 Å². The lowest BCUT2D eigenvalue weighted by Gasteiger charge is -2.25. The molecule has 0 amide bonds. The van der Waals surface area contributed by atoms with Crippen LogP contribution in [0, 0.1) is 4.91 Å². The highest BCUT2D eigenvalue weighted by atomic mass is 16.3. The lowest BCUT2D eigenvalue weighted by Crippen LogP contribution is -2.17. The number of nitrogens with one attached hydrogen (secondary N) is 1. The van der Waals surface area contributed by atoms with Crippen molar-refractivity contribution in [1.29, 1.82) is 0 Å². The molecule has 0 spiro atoms. The van der Waals surface area contributed by atoms with Crippen LogP contribution in [0.15, 0.2) is 66.4 Å². The Morgan fingerprint density at radius 1 is 0.815 bits per heavy atom. The fourth-order valence-corrected chi connectivity index (χ4v) is 3.36. The van der Waals surface area contributed by atoms with Gasteiger partial charge in [-0.2, -0.15) is 0 Å². The summed E-state index contributed by atoms with van der Waals surface area (Å²) in [7, 11) is 0. The van der Waals surface area contributed by atoms with Gasteiger partial charge < -0.3 is 15.5 Å². The van der Waals surface area contributed by atoms with E-state index in [1.165, 1.54) is 18.2 Å². The van der Waals surface area contributed by atoms with Gasteiger partial charge >= 0.3 is 0 Å². The molecule has 6 nitrogen and oxygen atoms in total. The van der Waals surface area contributed by atoms with Gasteiger partial charge in [-0.25, -0.2) is 0 Å². The van der Waals surface area contributed by atoms with Gasteiger partial charge in [0.25, 0.3) is 0 Å². The number of fused-ring (bicyclic) bond motifs is 2. The van der Waals surface area contributed by atoms with Crippen LogP contribution < -0.4 is 5.32 Å². The monoisotopic (exact) mass is 358 g/mol. The number of phenolic OH excluding ortho intramolecular Hbond substituents is 2. The maximum absolute atomic E-state index is 13.2. The summed E-state index contributed by atoms with van der Waals surface area (Å²) in [6.07, 6.45) is 0. The molecule has 1 aliphatic carbocycles. The number of benzene rings is 3. The number of aromatic hydroxyl groups is 2. The predicted octanol–water partition coefficient (Wildman–Crippen LogP) is 4.85. The van der Waals surface area contributed by atoms with Gasteiger partial charge in [0.15, 0.2) is 5.78 Å². The molecule has 0 aliphatic heterocycles. The first-order valence-electron chi connectivity index (χ1n) is 8.14. The minimum atomic E-state index is -0.521. The number of anilines is 2. The van der Waals surface area contributed by atoms with Crippen molar-refractivity contribution in [3.63, 3.8) is 0 Å². The highest BCUT2D eigenvalue weighted by Gasteiger charge is 2.35. The van der Waals surface area contributed by atoms with Crippen molar-refractivity contribution in [3.05, 3.63) is 88.3 Å². The first-order valence-corrected chi connectivity index (χ1v) is 8.14. The number of para-hydroxylation sites is 1. The predicted molar refractivity (Wildman–Crippen MR) is 103 cm³/mol. The number of carbonyl (C=O) groups excluding carboxylic acids is 1. The molecule has 4 rings (SSSR count). The molecule has 0 heterocycles. The molecule has 0 atom stereocenters. The van der Waals surface area contributed by atoms with E-state index in [0.717, 1.165) is 5.69 Å². The van der Waals surface area contributed by atoms with Crippen LogP contribution in [0.5, 0.6) is 11.5 Å². The van der Waals surface area contributed by atoms with Crippen LogP contribution >= 0.6 is 0 Å². The summed E-state index contributed by atoms with van der Waals surface area (Å²) in [5.41, 5.74) is 1.83. The Hall–Kier alpha value is -3.93. The van der Waals surface area contributed by atoms with Crippen LogP contribution in [0.1, 0.15) is 27.0 Å². The van der Waals surface area contributed by atoms with Crippen LogP contribution in [0.2, 0.25) is 0 Å². The Labute approximate surface area is 154 Å². The first-order chi connectivity index (χ1) is 13.0. The summed E-state index contributed by atoms with van der Waals surface area (Å²) in [5.74, 6) is -0.870. The zero-order chi connectivity index (χ0) is 19.1. The topological polar surface area (TPSA) is 99.0 Å². The van der Waals surface area contributed by atoms with Gasteiger partial charge in [-0.1, -0.05) is 24.8 Å². The highest BCUT2D eigenvalue weighted by molar-refractivity contribution is 6.24. The smallest absolute Gasteiger partial charge is 0.198 e. The lowest BCUT2D eigenvalue weighted by atomic mass is 9.79. The van der Waals surface area contributed by atoms with Gasteiger partial charge in [0, 0.05) is 16.8 Å². The second-order valence-corrected chi connectivity index (χ2v) is 6.13. The molecule has 0 unspecified atom stereocenters. The molecular weight excluding hydrogens is 344 g/mol. The maximum atomic E-state index is 13.2. The Morgan fingerprint density at radius 3 is 2.11 bits per heavy atom. The molecule has 0 radical (unpaired) electrons. The minimum Gasteiger partial charge on any atom is -0.507 e. The third-order valence-corrected chi connectivity index (χ3v) is 4.55. The van der Waals surface area contributed by atoms with E-state index in [0.29, 0.717) is 5.69 Å². The fourth-order valence-electron chi connectivity index (χ4n) is 3.36. The van der Waals surface area contributed by atoms with E-state index in [-0.39, 0.29) is 45.0 Å². The van der Waals surface area contributed by atoms with E-state index in [1.54, 1.807) is 6.07 Å². The Morgan fingerprint density at radius 2 is 1.44 bits per heavy atom. The summed E-state index contributed by atoms with van der Waals surface area (Å²) < 4.78 is 0. The molecule has 3 N–H and O–H groups in total. The number of carbonyl (C=O) groups is 1. The third kappa shape index (κ3) is 2.46. The number of rotatable bonds is 3. The normalized spacial score (nSPS) is 12.3.